The molecule has 0 aromatic heterocycles. The van der Waals surface area contributed by atoms with E-state index in [0.29, 0.717) is 12.2 Å². The normalized spacial score (nSPS) is 10.1. The van der Waals surface area contributed by atoms with E-state index in [2.05, 4.69) is 6.92 Å². The van der Waals surface area contributed by atoms with Gasteiger partial charge in [-0.15, -0.1) is 0 Å². The van der Waals surface area contributed by atoms with Crippen LogP contribution < -0.4 is 0 Å². The molecular formula is C12H16O2. The lowest BCUT2D eigenvalue weighted by Gasteiger charge is -2.06. The summed E-state index contributed by atoms with van der Waals surface area (Å²) in [6, 6.07) is 5.60. The lowest BCUT2D eigenvalue weighted by molar-refractivity contribution is -0.107. The minimum absolute atomic E-state index is 0.297. The van der Waals surface area contributed by atoms with Gasteiger partial charge in [-0.2, -0.15) is 0 Å². The molecule has 0 aliphatic heterocycles. The maximum absolute atomic E-state index is 10.3. The van der Waals surface area contributed by atoms with Gasteiger partial charge in [0.2, 0.25) is 0 Å². The average Bonchev–Trinajstić information content (AvgIpc) is 2.20. The van der Waals surface area contributed by atoms with Crippen molar-refractivity contribution in [1.29, 1.82) is 0 Å². The molecule has 1 N–H and O–H groups in total. The van der Waals surface area contributed by atoms with E-state index >= 15 is 0 Å². The zero-order valence-electron chi connectivity index (χ0n) is 8.49. The van der Waals surface area contributed by atoms with Gasteiger partial charge in [0.1, 0.15) is 12.0 Å². The molecule has 0 bridgehead atoms. The van der Waals surface area contributed by atoms with Crippen LogP contribution in [0.1, 0.15) is 30.9 Å². The van der Waals surface area contributed by atoms with Crippen molar-refractivity contribution in [2.24, 2.45) is 0 Å². The first-order valence-electron chi connectivity index (χ1n) is 5.03. The molecule has 0 aliphatic carbocycles. The Labute approximate surface area is 84.6 Å². The van der Waals surface area contributed by atoms with E-state index in [0.717, 1.165) is 36.7 Å². The molecule has 2 heteroatoms. The van der Waals surface area contributed by atoms with E-state index in [9.17, 15) is 9.90 Å². The highest BCUT2D eigenvalue weighted by Gasteiger charge is 2.05. The third-order valence-corrected chi connectivity index (χ3v) is 2.31. The number of aromatic hydroxyl groups is 1. The number of hydrogen-bond donors (Lipinski definition) is 1. The molecule has 1 rings (SSSR count). The van der Waals surface area contributed by atoms with Crippen molar-refractivity contribution in [3.63, 3.8) is 0 Å². The number of rotatable bonds is 5. The van der Waals surface area contributed by atoms with Crippen LogP contribution in [-0.4, -0.2) is 11.4 Å². The molecule has 0 saturated carbocycles. The standard InChI is InChI=1S/C12H16O2/c1-2-3-5-10-6-4-7-11(8-9-13)12(10)14/h4,6-7,9,14H,2-3,5,8H2,1H3. The molecule has 0 unspecified atom stereocenters. The van der Waals surface area contributed by atoms with Crippen LogP contribution in [0.3, 0.4) is 0 Å². The fourth-order valence-electron chi connectivity index (χ4n) is 1.47. The van der Waals surface area contributed by atoms with E-state index in [1.165, 1.54) is 0 Å². The summed E-state index contributed by atoms with van der Waals surface area (Å²) in [5, 5.41) is 9.79. The third kappa shape index (κ3) is 2.59. The van der Waals surface area contributed by atoms with Gasteiger partial charge in [-0.05, 0) is 18.4 Å². The Morgan fingerprint density at radius 1 is 1.36 bits per heavy atom. The van der Waals surface area contributed by atoms with Crippen molar-refractivity contribution < 1.29 is 9.90 Å². The fraction of sp³-hybridized carbons (Fsp3) is 0.417. The van der Waals surface area contributed by atoms with E-state index in [1.54, 1.807) is 6.07 Å². The van der Waals surface area contributed by atoms with E-state index < -0.39 is 0 Å². The van der Waals surface area contributed by atoms with Crippen LogP contribution >= 0.6 is 0 Å². The van der Waals surface area contributed by atoms with Crippen LogP contribution in [0.2, 0.25) is 0 Å². The molecule has 0 aliphatic rings. The largest absolute Gasteiger partial charge is 0.507 e. The Bertz CT molecular complexity index is 305. The van der Waals surface area contributed by atoms with E-state index in [4.69, 9.17) is 0 Å². The molecular weight excluding hydrogens is 176 g/mol. The smallest absolute Gasteiger partial charge is 0.124 e. The SMILES string of the molecule is CCCCc1cccc(CC=O)c1O. The molecule has 14 heavy (non-hydrogen) atoms. The number of phenols is 1. The predicted molar refractivity (Wildman–Crippen MR) is 56.5 cm³/mol. The van der Waals surface area contributed by atoms with Crippen LogP contribution in [0.15, 0.2) is 18.2 Å². The highest BCUT2D eigenvalue weighted by molar-refractivity contribution is 5.58. The lowest BCUT2D eigenvalue weighted by Crippen LogP contribution is -1.92. The summed E-state index contributed by atoms with van der Waals surface area (Å²) in [5.74, 6) is 0.299. The first-order valence-corrected chi connectivity index (χ1v) is 5.03. The Morgan fingerprint density at radius 3 is 2.71 bits per heavy atom. The van der Waals surface area contributed by atoms with Crippen LogP contribution in [0.25, 0.3) is 0 Å². The number of benzene rings is 1. The second kappa shape index (κ2) is 5.43. The molecule has 1 aromatic carbocycles. The summed E-state index contributed by atoms with van der Waals surface area (Å²) < 4.78 is 0. The van der Waals surface area contributed by atoms with E-state index in [-0.39, 0.29) is 0 Å². The van der Waals surface area contributed by atoms with Gasteiger partial charge in [-0.25, -0.2) is 0 Å². The Kier molecular flexibility index (Phi) is 4.17. The maximum atomic E-state index is 10.3. The van der Waals surface area contributed by atoms with Gasteiger partial charge in [0.15, 0.2) is 0 Å². The monoisotopic (exact) mass is 192 g/mol. The summed E-state index contributed by atoms with van der Waals surface area (Å²) >= 11 is 0. The zero-order chi connectivity index (χ0) is 10.4. The number of hydrogen-bond acceptors (Lipinski definition) is 2. The average molecular weight is 192 g/mol. The Hall–Kier alpha value is -1.31. The third-order valence-electron chi connectivity index (χ3n) is 2.31. The Morgan fingerprint density at radius 2 is 2.07 bits per heavy atom. The van der Waals surface area contributed by atoms with Crippen LogP contribution in [-0.2, 0) is 17.6 Å². The number of aryl methyl sites for hydroxylation is 1. The van der Waals surface area contributed by atoms with Crippen molar-refractivity contribution >= 4 is 6.29 Å². The molecule has 0 spiro atoms. The minimum Gasteiger partial charge on any atom is -0.507 e. The van der Waals surface area contributed by atoms with Crippen LogP contribution in [0, 0.1) is 0 Å². The topological polar surface area (TPSA) is 37.3 Å². The van der Waals surface area contributed by atoms with Crippen molar-refractivity contribution in [2.75, 3.05) is 0 Å². The number of carbonyl (C=O) groups is 1. The summed E-state index contributed by atoms with van der Waals surface area (Å²) in [7, 11) is 0. The lowest BCUT2D eigenvalue weighted by atomic mass is 10.0. The number of unbranched alkanes of at least 4 members (excludes halogenated alkanes) is 1. The highest BCUT2D eigenvalue weighted by Crippen LogP contribution is 2.23. The zero-order valence-corrected chi connectivity index (χ0v) is 8.49. The summed E-state index contributed by atoms with van der Waals surface area (Å²) in [5.41, 5.74) is 1.68. The molecule has 0 radical (unpaired) electrons. The number of phenolic OH excluding ortho intramolecular Hbond substituents is 1. The first kappa shape index (κ1) is 10.8. The second-order valence-corrected chi connectivity index (χ2v) is 3.40. The molecule has 0 heterocycles. The van der Waals surface area contributed by atoms with Crippen LogP contribution in [0.4, 0.5) is 0 Å². The van der Waals surface area contributed by atoms with Gasteiger partial charge in [0.25, 0.3) is 0 Å². The predicted octanol–water partition coefficient (Wildman–Crippen LogP) is 2.48. The van der Waals surface area contributed by atoms with Crippen molar-refractivity contribution in [2.45, 2.75) is 32.6 Å². The molecule has 76 valence electrons. The highest BCUT2D eigenvalue weighted by atomic mass is 16.3. The number of para-hydroxylation sites is 1. The van der Waals surface area contributed by atoms with Gasteiger partial charge in [0, 0.05) is 12.0 Å². The summed E-state index contributed by atoms with van der Waals surface area (Å²) in [6.45, 7) is 2.12. The summed E-state index contributed by atoms with van der Waals surface area (Å²) in [6.07, 6.45) is 4.18. The first-order chi connectivity index (χ1) is 6.79. The molecule has 0 atom stereocenters. The van der Waals surface area contributed by atoms with Gasteiger partial charge < -0.3 is 9.90 Å². The Balaban J connectivity index is 2.83. The quantitative estimate of drug-likeness (QED) is 0.728. The van der Waals surface area contributed by atoms with Crippen molar-refractivity contribution in [3.8, 4) is 5.75 Å². The number of aldehydes is 1. The minimum atomic E-state index is 0.297. The molecule has 0 saturated heterocycles. The van der Waals surface area contributed by atoms with Crippen molar-refractivity contribution in [1.82, 2.24) is 0 Å². The maximum Gasteiger partial charge on any atom is 0.124 e. The molecule has 0 fully saturated rings. The summed E-state index contributed by atoms with van der Waals surface area (Å²) in [4.78, 5) is 10.3. The van der Waals surface area contributed by atoms with Gasteiger partial charge in [-0.1, -0.05) is 31.5 Å². The fourth-order valence-corrected chi connectivity index (χ4v) is 1.47. The molecule has 2 nitrogen and oxygen atoms in total. The second-order valence-electron chi connectivity index (χ2n) is 3.40. The molecule has 0 amide bonds. The molecule has 1 aromatic rings. The number of carbonyl (C=O) groups excluding carboxylic acids is 1. The van der Waals surface area contributed by atoms with Gasteiger partial charge in [0.05, 0.1) is 0 Å². The van der Waals surface area contributed by atoms with Crippen LogP contribution in [0.5, 0.6) is 5.75 Å². The van der Waals surface area contributed by atoms with Crippen molar-refractivity contribution in [3.05, 3.63) is 29.3 Å². The van der Waals surface area contributed by atoms with Gasteiger partial charge in [-0.3, -0.25) is 0 Å². The van der Waals surface area contributed by atoms with E-state index in [1.807, 2.05) is 12.1 Å². The van der Waals surface area contributed by atoms with Gasteiger partial charge >= 0.3 is 0 Å².